The maximum absolute atomic E-state index is 13.2. The van der Waals surface area contributed by atoms with E-state index in [0.29, 0.717) is 11.4 Å². The minimum atomic E-state index is -1.46. The Bertz CT molecular complexity index is 1340. The van der Waals surface area contributed by atoms with E-state index in [1.807, 2.05) is 51.1 Å². The summed E-state index contributed by atoms with van der Waals surface area (Å²) >= 11 is 0. The van der Waals surface area contributed by atoms with Gasteiger partial charge < -0.3 is 10.6 Å². The zero-order chi connectivity index (χ0) is 26.3. The third-order valence-corrected chi connectivity index (χ3v) is 5.98. The lowest BCUT2D eigenvalue weighted by Crippen LogP contribution is -2.42. The summed E-state index contributed by atoms with van der Waals surface area (Å²) in [4.78, 5) is 50.0. The molecule has 3 aromatic rings. The van der Waals surface area contributed by atoms with Gasteiger partial charge in [0.25, 0.3) is 11.6 Å². The summed E-state index contributed by atoms with van der Waals surface area (Å²) in [5, 5.41) is 20.9. The molecular formula is C25H26N6O5. The number of urea groups is 1. The molecule has 11 nitrogen and oxygen atoms in total. The highest BCUT2D eigenvalue weighted by Gasteiger charge is 2.49. The molecule has 2 N–H and O–H groups in total. The first kappa shape index (κ1) is 24.6. The number of imide groups is 1. The lowest BCUT2D eigenvalue weighted by molar-refractivity contribution is -0.384. The molecule has 36 heavy (non-hydrogen) atoms. The van der Waals surface area contributed by atoms with E-state index in [0.717, 1.165) is 16.3 Å². The highest BCUT2D eigenvalue weighted by Crippen LogP contribution is 2.30. The fraction of sp³-hybridized carbons (Fsp3) is 0.280. The molecular weight excluding hydrogens is 464 g/mol. The Morgan fingerprint density at radius 1 is 1.11 bits per heavy atom. The number of anilines is 1. The highest BCUT2D eigenvalue weighted by atomic mass is 16.6. The summed E-state index contributed by atoms with van der Waals surface area (Å²) in [6, 6.07) is 15.6. The Morgan fingerprint density at radius 3 is 2.33 bits per heavy atom. The number of para-hydroxylation sites is 1. The maximum atomic E-state index is 13.2. The van der Waals surface area contributed by atoms with Crippen molar-refractivity contribution in [2.75, 3.05) is 11.9 Å². The molecule has 186 valence electrons. The quantitative estimate of drug-likeness (QED) is 0.308. The van der Waals surface area contributed by atoms with Crippen LogP contribution in [0.1, 0.15) is 39.0 Å². The van der Waals surface area contributed by atoms with Gasteiger partial charge in [-0.3, -0.25) is 24.6 Å². The van der Waals surface area contributed by atoms with Crippen LogP contribution < -0.4 is 10.6 Å². The van der Waals surface area contributed by atoms with Gasteiger partial charge in [-0.15, -0.1) is 0 Å². The van der Waals surface area contributed by atoms with Crippen LogP contribution in [0.2, 0.25) is 0 Å². The number of rotatable bonds is 6. The Morgan fingerprint density at radius 2 is 1.75 bits per heavy atom. The predicted molar refractivity (Wildman–Crippen MR) is 132 cm³/mol. The van der Waals surface area contributed by atoms with Gasteiger partial charge in [0.2, 0.25) is 5.91 Å². The second-order valence-electron chi connectivity index (χ2n) is 9.71. The van der Waals surface area contributed by atoms with Crippen LogP contribution in [0, 0.1) is 10.1 Å². The van der Waals surface area contributed by atoms with Gasteiger partial charge in [0.15, 0.2) is 0 Å². The van der Waals surface area contributed by atoms with Crippen molar-refractivity contribution < 1.29 is 19.3 Å². The second kappa shape index (κ2) is 8.91. The van der Waals surface area contributed by atoms with Gasteiger partial charge in [-0.1, -0.05) is 39.0 Å². The van der Waals surface area contributed by atoms with E-state index in [2.05, 4.69) is 15.7 Å². The number of carbonyl (C=O) groups is 3. The number of carbonyl (C=O) groups excluding carboxylic acids is 3. The fourth-order valence-corrected chi connectivity index (χ4v) is 3.88. The van der Waals surface area contributed by atoms with Crippen LogP contribution in [0.15, 0.2) is 60.7 Å². The van der Waals surface area contributed by atoms with Gasteiger partial charge in [0, 0.05) is 23.6 Å². The summed E-state index contributed by atoms with van der Waals surface area (Å²) in [5.41, 5.74) is -0.0213. The number of nitro benzene ring substituents is 1. The lowest BCUT2D eigenvalue weighted by Gasteiger charge is -2.22. The average molecular weight is 491 g/mol. The van der Waals surface area contributed by atoms with E-state index < -0.39 is 34.9 Å². The number of nitro groups is 1. The van der Waals surface area contributed by atoms with Crippen LogP contribution in [0.3, 0.4) is 0 Å². The molecule has 1 aliphatic rings. The van der Waals surface area contributed by atoms with Gasteiger partial charge in [0.05, 0.1) is 16.3 Å². The largest absolute Gasteiger partial charge is 0.325 e. The highest BCUT2D eigenvalue weighted by molar-refractivity contribution is 6.10. The van der Waals surface area contributed by atoms with Crippen molar-refractivity contribution >= 4 is 29.4 Å². The van der Waals surface area contributed by atoms with Gasteiger partial charge in [-0.05, 0) is 36.8 Å². The van der Waals surface area contributed by atoms with Crippen molar-refractivity contribution in [1.29, 1.82) is 0 Å². The molecule has 1 aliphatic heterocycles. The van der Waals surface area contributed by atoms with E-state index in [1.165, 1.54) is 31.2 Å². The maximum Gasteiger partial charge on any atom is 0.325 e. The number of aromatic nitrogens is 2. The minimum Gasteiger partial charge on any atom is -0.319 e. The number of hydrogen-bond donors (Lipinski definition) is 2. The van der Waals surface area contributed by atoms with E-state index in [1.54, 1.807) is 10.7 Å². The normalized spacial score (nSPS) is 17.7. The third kappa shape index (κ3) is 4.54. The number of nitrogens with one attached hydrogen (secondary N) is 2. The van der Waals surface area contributed by atoms with E-state index in [-0.39, 0.29) is 11.1 Å². The number of nitrogens with zero attached hydrogens (tertiary/aromatic N) is 4. The van der Waals surface area contributed by atoms with Crippen molar-refractivity contribution in [3.05, 3.63) is 82.0 Å². The van der Waals surface area contributed by atoms with Gasteiger partial charge in [0.1, 0.15) is 17.9 Å². The molecule has 0 bridgehead atoms. The van der Waals surface area contributed by atoms with Crippen molar-refractivity contribution in [3.8, 4) is 5.69 Å². The number of amides is 4. The van der Waals surface area contributed by atoms with E-state index in [4.69, 9.17) is 0 Å². The van der Waals surface area contributed by atoms with Gasteiger partial charge >= 0.3 is 6.03 Å². The van der Waals surface area contributed by atoms with Crippen LogP contribution in [0.25, 0.3) is 5.69 Å². The van der Waals surface area contributed by atoms with Crippen molar-refractivity contribution in [2.45, 2.75) is 38.6 Å². The molecule has 0 spiro atoms. The number of benzene rings is 2. The molecule has 1 saturated heterocycles. The number of hydrogen-bond acceptors (Lipinski definition) is 6. The van der Waals surface area contributed by atoms with Crippen molar-refractivity contribution in [2.24, 2.45) is 0 Å². The molecule has 0 saturated carbocycles. The van der Waals surface area contributed by atoms with Crippen LogP contribution in [0.4, 0.5) is 16.3 Å². The zero-order valence-corrected chi connectivity index (χ0v) is 20.3. The molecule has 4 rings (SSSR count). The van der Waals surface area contributed by atoms with Crippen LogP contribution >= 0.6 is 0 Å². The zero-order valence-electron chi connectivity index (χ0n) is 20.3. The standard InChI is InChI=1S/C25H26N6O5/c1-24(2,3)19-14-20(30(28-19)17-8-6-5-7-9-17)26-21(32)15-29-22(33)25(4,27-23(29)34)16-10-12-18(13-11-16)31(35)36/h5-14H,15H2,1-4H3,(H,26,32)(H,27,34). The molecule has 2 heterocycles. The molecule has 1 aromatic heterocycles. The Kier molecular flexibility index (Phi) is 6.09. The van der Waals surface area contributed by atoms with Crippen LogP contribution in [-0.4, -0.2) is 44.0 Å². The molecule has 11 heteroatoms. The lowest BCUT2D eigenvalue weighted by atomic mass is 9.92. The molecule has 1 unspecified atom stereocenters. The minimum absolute atomic E-state index is 0.139. The van der Waals surface area contributed by atoms with Crippen molar-refractivity contribution in [3.63, 3.8) is 0 Å². The van der Waals surface area contributed by atoms with Crippen molar-refractivity contribution in [1.82, 2.24) is 20.0 Å². The molecule has 1 fully saturated rings. The number of non-ortho nitro benzene ring substituents is 1. The fourth-order valence-electron chi connectivity index (χ4n) is 3.88. The first-order valence-electron chi connectivity index (χ1n) is 11.2. The smallest absolute Gasteiger partial charge is 0.319 e. The molecule has 4 amide bonds. The van der Waals surface area contributed by atoms with Crippen LogP contribution in [0.5, 0.6) is 0 Å². The molecule has 0 radical (unpaired) electrons. The first-order valence-corrected chi connectivity index (χ1v) is 11.2. The molecule has 0 aliphatic carbocycles. The van der Waals surface area contributed by atoms with Crippen LogP contribution in [-0.2, 0) is 20.5 Å². The Balaban J connectivity index is 1.55. The summed E-state index contributed by atoms with van der Waals surface area (Å²) in [7, 11) is 0. The average Bonchev–Trinajstić information content (AvgIpc) is 3.35. The third-order valence-electron chi connectivity index (χ3n) is 5.98. The Hall–Kier alpha value is -4.54. The monoisotopic (exact) mass is 490 g/mol. The molecule has 2 aromatic carbocycles. The predicted octanol–water partition coefficient (Wildman–Crippen LogP) is 3.48. The summed E-state index contributed by atoms with van der Waals surface area (Å²) < 4.78 is 1.60. The topological polar surface area (TPSA) is 139 Å². The van der Waals surface area contributed by atoms with Gasteiger partial charge in [-0.2, -0.15) is 5.10 Å². The Labute approximate surface area is 207 Å². The first-order chi connectivity index (χ1) is 16.9. The SMILES string of the molecule is CC(C)(C)c1cc(NC(=O)CN2C(=O)NC(C)(c3ccc([N+](=O)[O-])cc3)C2=O)n(-c2ccccc2)n1. The summed E-state index contributed by atoms with van der Waals surface area (Å²) in [5.74, 6) is -0.811. The van der Waals surface area contributed by atoms with E-state index in [9.17, 15) is 24.5 Å². The van der Waals surface area contributed by atoms with Gasteiger partial charge in [-0.25, -0.2) is 9.48 Å². The summed E-state index contributed by atoms with van der Waals surface area (Å²) in [6.45, 7) is 6.98. The summed E-state index contributed by atoms with van der Waals surface area (Å²) in [6.07, 6.45) is 0. The van der Waals surface area contributed by atoms with E-state index >= 15 is 0 Å². The molecule has 1 atom stereocenters. The second-order valence-corrected chi connectivity index (χ2v) is 9.71.